The molecule has 0 amide bonds. The van der Waals surface area contributed by atoms with Gasteiger partial charge in [0.15, 0.2) is 0 Å². The number of hydrogen-bond donors (Lipinski definition) is 1. The number of para-hydroxylation sites is 1. The van der Waals surface area contributed by atoms with Gasteiger partial charge in [-0.2, -0.15) is 0 Å². The zero-order valence-corrected chi connectivity index (χ0v) is 11.7. The van der Waals surface area contributed by atoms with Crippen LogP contribution < -0.4 is 10.1 Å². The van der Waals surface area contributed by atoms with Gasteiger partial charge in [-0.05, 0) is 31.5 Å². The van der Waals surface area contributed by atoms with Crippen molar-refractivity contribution < 1.29 is 4.74 Å². The van der Waals surface area contributed by atoms with Crippen molar-refractivity contribution in [2.24, 2.45) is 0 Å². The summed E-state index contributed by atoms with van der Waals surface area (Å²) in [5.74, 6) is 0.916. The average Bonchev–Trinajstić information content (AvgIpc) is 2.46. The van der Waals surface area contributed by atoms with Gasteiger partial charge in [-0.15, -0.1) is 0 Å². The van der Waals surface area contributed by atoms with E-state index in [0.717, 1.165) is 23.6 Å². The molecule has 3 heteroatoms. The van der Waals surface area contributed by atoms with E-state index in [0.29, 0.717) is 0 Å². The Hall–Kier alpha value is -1.87. The third-order valence-corrected chi connectivity index (χ3v) is 3.17. The Balaban J connectivity index is 2.01. The van der Waals surface area contributed by atoms with E-state index < -0.39 is 0 Å². The van der Waals surface area contributed by atoms with Gasteiger partial charge in [0.1, 0.15) is 5.75 Å². The molecule has 19 heavy (non-hydrogen) atoms. The maximum Gasteiger partial charge on any atom is 0.123 e. The predicted molar refractivity (Wildman–Crippen MR) is 77.2 cm³/mol. The average molecular weight is 256 g/mol. The molecule has 3 nitrogen and oxygen atoms in total. The maximum atomic E-state index is 5.38. The van der Waals surface area contributed by atoms with Gasteiger partial charge in [0, 0.05) is 24.3 Å². The first-order chi connectivity index (χ1) is 9.20. The molecule has 0 bridgehead atoms. The molecule has 0 fully saturated rings. The number of aromatic nitrogens is 1. The molecule has 2 aromatic rings. The fourth-order valence-corrected chi connectivity index (χ4v) is 1.99. The second kappa shape index (κ2) is 6.34. The molecule has 2 rings (SSSR count). The predicted octanol–water partition coefficient (Wildman–Crippen LogP) is 3.25. The monoisotopic (exact) mass is 256 g/mol. The van der Waals surface area contributed by atoms with E-state index in [-0.39, 0.29) is 6.04 Å². The van der Waals surface area contributed by atoms with E-state index in [4.69, 9.17) is 4.74 Å². The standard InChI is InChI=1S/C16H20N2O/c1-12-8-9-14(18-10-12)11-17-13(2)15-6-4-5-7-16(15)19-3/h4-10,13,17H,11H2,1-3H3. The molecule has 0 aliphatic rings. The van der Waals surface area contributed by atoms with Gasteiger partial charge < -0.3 is 10.1 Å². The lowest BCUT2D eigenvalue weighted by molar-refractivity contribution is 0.401. The van der Waals surface area contributed by atoms with E-state index in [2.05, 4.69) is 35.4 Å². The maximum absolute atomic E-state index is 5.38. The Kier molecular flexibility index (Phi) is 4.53. The molecule has 0 aliphatic carbocycles. The quantitative estimate of drug-likeness (QED) is 0.891. The molecule has 1 unspecified atom stereocenters. The van der Waals surface area contributed by atoms with Crippen LogP contribution >= 0.6 is 0 Å². The summed E-state index contributed by atoms with van der Waals surface area (Å²) in [5, 5.41) is 3.47. The molecule has 0 aliphatic heterocycles. The van der Waals surface area contributed by atoms with Crippen LogP contribution in [-0.4, -0.2) is 12.1 Å². The summed E-state index contributed by atoms with van der Waals surface area (Å²) in [5.41, 5.74) is 3.39. The third kappa shape index (κ3) is 3.55. The van der Waals surface area contributed by atoms with E-state index >= 15 is 0 Å². The fraction of sp³-hybridized carbons (Fsp3) is 0.312. The first-order valence-corrected chi connectivity index (χ1v) is 6.48. The highest BCUT2D eigenvalue weighted by molar-refractivity contribution is 5.35. The number of nitrogens with zero attached hydrogens (tertiary/aromatic N) is 1. The highest BCUT2D eigenvalue weighted by Crippen LogP contribution is 2.24. The van der Waals surface area contributed by atoms with Crippen LogP contribution in [0.3, 0.4) is 0 Å². The molecule has 0 spiro atoms. The Morgan fingerprint density at radius 1 is 1.21 bits per heavy atom. The summed E-state index contributed by atoms with van der Waals surface area (Å²) in [7, 11) is 1.70. The highest BCUT2D eigenvalue weighted by Gasteiger charge is 2.10. The molecule has 1 heterocycles. The highest BCUT2D eigenvalue weighted by atomic mass is 16.5. The first kappa shape index (κ1) is 13.6. The van der Waals surface area contributed by atoms with Crippen LogP contribution in [0.15, 0.2) is 42.6 Å². The molecule has 1 aromatic heterocycles. The largest absolute Gasteiger partial charge is 0.496 e. The van der Waals surface area contributed by atoms with Gasteiger partial charge in [-0.1, -0.05) is 24.3 Å². The molecule has 0 saturated carbocycles. The van der Waals surface area contributed by atoms with Gasteiger partial charge in [-0.3, -0.25) is 4.98 Å². The van der Waals surface area contributed by atoms with Crippen molar-refractivity contribution in [3.63, 3.8) is 0 Å². The molecule has 1 N–H and O–H groups in total. The summed E-state index contributed by atoms with van der Waals surface area (Å²) in [6, 6.07) is 12.4. The number of benzene rings is 1. The van der Waals surface area contributed by atoms with Gasteiger partial charge in [0.25, 0.3) is 0 Å². The van der Waals surface area contributed by atoms with Crippen molar-refractivity contribution in [2.45, 2.75) is 26.4 Å². The Labute approximate surface area is 114 Å². The smallest absolute Gasteiger partial charge is 0.123 e. The number of rotatable bonds is 5. The van der Waals surface area contributed by atoms with Gasteiger partial charge in [0.05, 0.1) is 12.8 Å². The number of ether oxygens (including phenoxy) is 1. The van der Waals surface area contributed by atoms with Crippen LogP contribution in [0.4, 0.5) is 0 Å². The zero-order valence-electron chi connectivity index (χ0n) is 11.7. The normalized spacial score (nSPS) is 12.2. The second-order valence-electron chi connectivity index (χ2n) is 4.67. The number of methoxy groups -OCH3 is 1. The van der Waals surface area contributed by atoms with E-state index in [1.54, 1.807) is 7.11 Å². The Morgan fingerprint density at radius 2 is 2.00 bits per heavy atom. The van der Waals surface area contributed by atoms with E-state index in [1.165, 1.54) is 5.56 Å². The zero-order chi connectivity index (χ0) is 13.7. The summed E-state index contributed by atoms with van der Waals surface area (Å²) in [6.45, 7) is 4.92. The summed E-state index contributed by atoms with van der Waals surface area (Å²) in [4.78, 5) is 4.39. The molecule has 1 atom stereocenters. The lowest BCUT2D eigenvalue weighted by atomic mass is 10.1. The Morgan fingerprint density at radius 3 is 2.68 bits per heavy atom. The van der Waals surface area contributed by atoms with Crippen molar-refractivity contribution in [3.05, 3.63) is 59.4 Å². The van der Waals surface area contributed by atoms with Gasteiger partial charge in [0.2, 0.25) is 0 Å². The molecule has 1 aromatic carbocycles. The van der Waals surface area contributed by atoms with Crippen molar-refractivity contribution in [3.8, 4) is 5.75 Å². The fourth-order valence-electron chi connectivity index (χ4n) is 1.99. The SMILES string of the molecule is COc1ccccc1C(C)NCc1ccc(C)cn1. The lowest BCUT2D eigenvalue weighted by Crippen LogP contribution is -2.19. The summed E-state index contributed by atoms with van der Waals surface area (Å²) >= 11 is 0. The van der Waals surface area contributed by atoms with Gasteiger partial charge >= 0.3 is 0 Å². The molecular weight excluding hydrogens is 236 g/mol. The minimum absolute atomic E-state index is 0.222. The van der Waals surface area contributed by atoms with Crippen LogP contribution in [0, 0.1) is 6.92 Å². The first-order valence-electron chi connectivity index (χ1n) is 6.48. The number of nitrogens with one attached hydrogen (secondary N) is 1. The minimum Gasteiger partial charge on any atom is -0.496 e. The molecule has 0 radical (unpaired) electrons. The lowest BCUT2D eigenvalue weighted by Gasteiger charge is -2.17. The van der Waals surface area contributed by atoms with Gasteiger partial charge in [-0.25, -0.2) is 0 Å². The summed E-state index contributed by atoms with van der Waals surface area (Å²) < 4.78 is 5.38. The van der Waals surface area contributed by atoms with Crippen LogP contribution in [0.5, 0.6) is 5.75 Å². The molecular formula is C16H20N2O. The second-order valence-corrected chi connectivity index (χ2v) is 4.67. The summed E-state index contributed by atoms with van der Waals surface area (Å²) in [6.07, 6.45) is 1.89. The Bertz CT molecular complexity index is 523. The third-order valence-electron chi connectivity index (χ3n) is 3.17. The number of aryl methyl sites for hydroxylation is 1. The number of pyridine rings is 1. The molecule has 100 valence electrons. The number of hydrogen-bond acceptors (Lipinski definition) is 3. The van der Waals surface area contributed by atoms with E-state index in [1.807, 2.05) is 31.3 Å². The van der Waals surface area contributed by atoms with Crippen molar-refractivity contribution in [2.75, 3.05) is 7.11 Å². The van der Waals surface area contributed by atoms with Crippen LogP contribution in [0.1, 0.15) is 29.8 Å². The van der Waals surface area contributed by atoms with Crippen LogP contribution in [0.25, 0.3) is 0 Å². The molecule has 0 saturated heterocycles. The van der Waals surface area contributed by atoms with Crippen LogP contribution in [-0.2, 0) is 6.54 Å². The van der Waals surface area contributed by atoms with Crippen LogP contribution in [0.2, 0.25) is 0 Å². The van der Waals surface area contributed by atoms with E-state index in [9.17, 15) is 0 Å². The minimum atomic E-state index is 0.222. The van der Waals surface area contributed by atoms with Crippen molar-refractivity contribution in [1.29, 1.82) is 0 Å². The topological polar surface area (TPSA) is 34.1 Å². The van der Waals surface area contributed by atoms with Crippen molar-refractivity contribution >= 4 is 0 Å². The van der Waals surface area contributed by atoms with Crippen molar-refractivity contribution in [1.82, 2.24) is 10.3 Å².